The second kappa shape index (κ2) is 6.39. The fraction of sp³-hybridized carbons (Fsp3) is 0.500. The SMILES string of the molecule is CN(CC1CCOCC1)c1cc(Br)ccc1C(=N)N. The van der Waals surface area contributed by atoms with E-state index < -0.39 is 0 Å². The summed E-state index contributed by atoms with van der Waals surface area (Å²) >= 11 is 3.48. The molecule has 0 aliphatic carbocycles. The van der Waals surface area contributed by atoms with Gasteiger partial charge in [-0.25, -0.2) is 0 Å². The zero-order valence-electron chi connectivity index (χ0n) is 11.2. The fourth-order valence-electron chi connectivity index (χ4n) is 2.46. The third kappa shape index (κ3) is 3.70. The number of benzene rings is 1. The van der Waals surface area contributed by atoms with Crippen molar-refractivity contribution in [1.29, 1.82) is 5.41 Å². The Morgan fingerprint density at radius 2 is 2.16 bits per heavy atom. The number of ether oxygens (including phenoxy) is 1. The van der Waals surface area contributed by atoms with Gasteiger partial charge in [0.15, 0.2) is 0 Å². The summed E-state index contributed by atoms with van der Waals surface area (Å²) in [4.78, 5) is 2.19. The number of rotatable bonds is 4. The van der Waals surface area contributed by atoms with Gasteiger partial charge in [0.2, 0.25) is 0 Å². The Balaban J connectivity index is 2.14. The normalized spacial score (nSPS) is 16.3. The molecule has 0 saturated carbocycles. The van der Waals surface area contributed by atoms with Crippen molar-refractivity contribution in [1.82, 2.24) is 0 Å². The van der Waals surface area contributed by atoms with Gasteiger partial charge in [-0.2, -0.15) is 0 Å². The first-order valence-corrected chi connectivity index (χ1v) is 7.30. The van der Waals surface area contributed by atoms with Gasteiger partial charge in [-0.3, -0.25) is 5.41 Å². The quantitative estimate of drug-likeness (QED) is 0.660. The molecule has 0 aromatic heterocycles. The van der Waals surface area contributed by atoms with Crippen molar-refractivity contribution in [3.8, 4) is 0 Å². The molecule has 5 heteroatoms. The molecule has 1 aliphatic rings. The molecule has 104 valence electrons. The van der Waals surface area contributed by atoms with Gasteiger partial charge in [0.1, 0.15) is 5.84 Å². The maximum Gasteiger partial charge on any atom is 0.124 e. The number of nitrogens with one attached hydrogen (secondary N) is 1. The van der Waals surface area contributed by atoms with Crippen molar-refractivity contribution in [2.24, 2.45) is 11.7 Å². The van der Waals surface area contributed by atoms with E-state index in [-0.39, 0.29) is 5.84 Å². The lowest BCUT2D eigenvalue weighted by Crippen LogP contribution is -2.31. The molecule has 1 aromatic carbocycles. The van der Waals surface area contributed by atoms with E-state index in [1.807, 2.05) is 18.2 Å². The van der Waals surface area contributed by atoms with E-state index in [2.05, 4.69) is 27.9 Å². The molecule has 0 radical (unpaired) electrons. The second-order valence-electron chi connectivity index (χ2n) is 5.01. The number of halogens is 1. The summed E-state index contributed by atoms with van der Waals surface area (Å²) in [5.74, 6) is 0.763. The lowest BCUT2D eigenvalue weighted by molar-refractivity contribution is 0.0685. The molecule has 1 saturated heterocycles. The van der Waals surface area contributed by atoms with Crippen LogP contribution in [0.1, 0.15) is 18.4 Å². The van der Waals surface area contributed by atoms with Gasteiger partial charge in [0.05, 0.1) is 0 Å². The van der Waals surface area contributed by atoms with Crippen molar-refractivity contribution in [2.75, 3.05) is 31.7 Å². The molecule has 3 N–H and O–H groups in total. The minimum atomic E-state index is 0.112. The van der Waals surface area contributed by atoms with E-state index in [0.717, 1.165) is 48.3 Å². The molecule has 2 rings (SSSR count). The van der Waals surface area contributed by atoms with Crippen LogP contribution in [0.15, 0.2) is 22.7 Å². The van der Waals surface area contributed by atoms with Gasteiger partial charge >= 0.3 is 0 Å². The molecule has 4 nitrogen and oxygen atoms in total. The van der Waals surface area contributed by atoms with E-state index in [1.165, 1.54) is 0 Å². The van der Waals surface area contributed by atoms with Gasteiger partial charge in [-0.15, -0.1) is 0 Å². The summed E-state index contributed by atoms with van der Waals surface area (Å²) in [6.07, 6.45) is 2.21. The molecule has 0 unspecified atom stereocenters. The number of nitrogens with two attached hydrogens (primary N) is 1. The lowest BCUT2D eigenvalue weighted by Gasteiger charge is -2.29. The molecule has 0 atom stereocenters. The van der Waals surface area contributed by atoms with Gasteiger partial charge in [0, 0.05) is 42.5 Å². The van der Waals surface area contributed by atoms with Crippen LogP contribution in [-0.4, -0.2) is 32.6 Å². The fourth-order valence-corrected chi connectivity index (χ4v) is 2.81. The lowest BCUT2D eigenvalue weighted by atomic mass is 9.99. The number of anilines is 1. The molecule has 0 bridgehead atoms. The predicted molar refractivity (Wildman–Crippen MR) is 82.0 cm³/mol. The number of hydrogen-bond donors (Lipinski definition) is 2. The molecule has 1 aliphatic heterocycles. The highest BCUT2D eigenvalue weighted by atomic mass is 79.9. The van der Waals surface area contributed by atoms with Crippen LogP contribution < -0.4 is 10.6 Å². The second-order valence-corrected chi connectivity index (χ2v) is 5.93. The van der Waals surface area contributed by atoms with Crippen LogP contribution in [0, 0.1) is 11.3 Å². The summed E-state index contributed by atoms with van der Waals surface area (Å²) in [6, 6.07) is 5.83. The van der Waals surface area contributed by atoms with E-state index >= 15 is 0 Å². The van der Waals surface area contributed by atoms with Crippen LogP contribution in [-0.2, 0) is 4.74 Å². The standard InChI is InChI=1S/C14H20BrN3O/c1-18(9-10-4-6-19-7-5-10)13-8-11(15)2-3-12(13)14(16)17/h2-3,8,10H,4-7,9H2,1H3,(H3,16,17). The van der Waals surface area contributed by atoms with Gasteiger partial charge in [-0.05, 0) is 37.0 Å². The minimum Gasteiger partial charge on any atom is -0.384 e. The third-order valence-corrected chi connectivity index (χ3v) is 4.03. The third-order valence-electron chi connectivity index (χ3n) is 3.53. The highest BCUT2D eigenvalue weighted by Crippen LogP contribution is 2.26. The summed E-state index contributed by atoms with van der Waals surface area (Å²) in [5.41, 5.74) is 7.45. The average molecular weight is 326 g/mol. The van der Waals surface area contributed by atoms with E-state index in [0.29, 0.717) is 5.92 Å². The molecule has 1 aromatic rings. The minimum absolute atomic E-state index is 0.112. The number of nitrogens with zero attached hydrogens (tertiary/aromatic N) is 1. The van der Waals surface area contributed by atoms with Gasteiger partial charge < -0.3 is 15.4 Å². The zero-order valence-corrected chi connectivity index (χ0v) is 12.7. The monoisotopic (exact) mass is 325 g/mol. The molecule has 1 fully saturated rings. The summed E-state index contributed by atoms with van der Waals surface area (Å²) in [5, 5.41) is 7.68. The van der Waals surface area contributed by atoms with Crippen molar-refractivity contribution < 1.29 is 4.74 Å². The number of amidine groups is 1. The summed E-state index contributed by atoms with van der Waals surface area (Å²) < 4.78 is 6.39. The number of nitrogen functional groups attached to an aromatic ring is 1. The summed E-state index contributed by atoms with van der Waals surface area (Å²) in [7, 11) is 2.06. The van der Waals surface area contributed by atoms with Crippen LogP contribution in [0.4, 0.5) is 5.69 Å². The predicted octanol–water partition coefficient (Wildman–Crippen LogP) is 2.60. The molecule has 0 amide bonds. The first kappa shape index (κ1) is 14.3. The molecule has 19 heavy (non-hydrogen) atoms. The first-order valence-electron chi connectivity index (χ1n) is 6.50. The average Bonchev–Trinajstić information content (AvgIpc) is 2.39. The Labute approximate surface area is 122 Å². The van der Waals surface area contributed by atoms with Crippen molar-refractivity contribution in [3.05, 3.63) is 28.2 Å². The van der Waals surface area contributed by atoms with E-state index in [9.17, 15) is 0 Å². The highest BCUT2D eigenvalue weighted by Gasteiger charge is 2.18. The van der Waals surface area contributed by atoms with Crippen molar-refractivity contribution in [3.63, 3.8) is 0 Å². The Morgan fingerprint density at radius 1 is 1.47 bits per heavy atom. The summed E-state index contributed by atoms with van der Waals surface area (Å²) in [6.45, 7) is 2.69. The van der Waals surface area contributed by atoms with Crippen molar-refractivity contribution in [2.45, 2.75) is 12.8 Å². The van der Waals surface area contributed by atoms with Crippen LogP contribution in [0.3, 0.4) is 0 Å². The Bertz CT molecular complexity index is 458. The van der Waals surface area contributed by atoms with Gasteiger partial charge in [-0.1, -0.05) is 15.9 Å². The smallest absolute Gasteiger partial charge is 0.124 e. The van der Waals surface area contributed by atoms with E-state index in [4.69, 9.17) is 15.9 Å². The largest absolute Gasteiger partial charge is 0.384 e. The topological polar surface area (TPSA) is 62.3 Å². The molecule has 1 heterocycles. The molecule has 0 spiro atoms. The maximum absolute atomic E-state index is 7.68. The van der Waals surface area contributed by atoms with Crippen LogP contribution in [0.25, 0.3) is 0 Å². The Morgan fingerprint density at radius 3 is 2.79 bits per heavy atom. The van der Waals surface area contributed by atoms with Gasteiger partial charge in [0.25, 0.3) is 0 Å². The maximum atomic E-state index is 7.68. The Kier molecular flexibility index (Phi) is 4.82. The molecular formula is C14H20BrN3O. The number of hydrogen-bond acceptors (Lipinski definition) is 3. The van der Waals surface area contributed by atoms with Crippen LogP contribution >= 0.6 is 15.9 Å². The highest BCUT2D eigenvalue weighted by molar-refractivity contribution is 9.10. The zero-order chi connectivity index (χ0) is 13.8. The molecular weight excluding hydrogens is 306 g/mol. The van der Waals surface area contributed by atoms with Crippen LogP contribution in [0.5, 0.6) is 0 Å². The first-order chi connectivity index (χ1) is 9.08. The van der Waals surface area contributed by atoms with Crippen molar-refractivity contribution >= 4 is 27.5 Å². The Hall–Kier alpha value is -1.07. The van der Waals surface area contributed by atoms with E-state index in [1.54, 1.807) is 0 Å². The van der Waals surface area contributed by atoms with Crippen LogP contribution in [0.2, 0.25) is 0 Å².